The standard InChI is InChI=1S/C21H24ClN3O2S/c1-2-23-21(27)25(16-7-8-16)13-19(26)24-11-9-18-17(10-12-28-18)20(24)14-3-5-15(22)6-4-14/h3-6,10,12,16,20H,2,7-9,11,13H2,1H3,(H,23,27). The highest BCUT2D eigenvalue weighted by Crippen LogP contribution is 2.38. The normalized spacial score (nSPS) is 18.5. The van der Waals surface area contributed by atoms with E-state index in [4.69, 9.17) is 11.6 Å². The fourth-order valence-electron chi connectivity index (χ4n) is 3.83. The second kappa shape index (κ2) is 8.13. The molecule has 0 radical (unpaired) electrons. The third-order valence-electron chi connectivity index (χ3n) is 5.35. The highest BCUT2D eigenvalue weighted by Gasteiger charge is 2.38. The highest BCUT2D eigenvalue weighted by molar-refractivity contribution is 7.10. The van der Waals surface area contributed by atoms with Crippen LogP contribution in [0.3, 0.4) is 0 Å². The first-order valence-electron chi connectivity index (χ1n) is 9.74. The number of thiophene rings is 1. The summed E-state index contributed by atoms with van der Waals surface area (Å²) in [7, 11) is 0. The van der Waals surface area contributed by atoms with E-state index in [0.29, 0.717) is 18.1 Å². The monoisotopic (exact) mass is 417 g/mol. The average molecular weight is 418 g/mol. The van der Waals surface area contributed by atoms with Gasteiger partial charge in [-0.2, -0.15) is 0 Å². The lowest BCUT2D eigenvalue weighted by molar-refractivity contribution is -0.134. The Kier molecular flexibility index (Phi) is 5.60. The van der Waals surface area contributed by atoms with E-state index in [9.17, 15) is 9.59 Å². The van der Waals surface area contributed by atoms with Crippen LogP contribution in [0.2, 0.25) is 5.02 Å². The second-order valence-electron chi connectivity index (χ2n) is 7.28. The Labute approximate surface area is 174 Å². The van der Waals surface area contributed by atoms with Crippen LogP contribution in [0.25, 0.3) is 0 Å². The summed E-state index contributed by atoms with van der Waals surface area (Å²) in [5.41, 5.74) is 2.23. The molecule has 1 aliphatic heterocycles. The predicted octanol–water partition coefficient (Wildman–Crippen LogP) is 4.07. The number of nitrogens with one attached hydrogen (secondary N) is 1. The number of halogens is 1. The third-order valence-corrected chi connectivity index (χ3v) is 6.60. The molecule has 3 amide bonds. The molecule has 1 fully saturated rings. The summed E-state index contributed by atoms with van der Waals surface area (Å²) in [6, 6.07) is 9.74. The van der Waals surface area contributed by atoms with Gasteiger partial charge in [0, 0.05) is 29.0 Å². The lowest BCUT2D eigenvalue weighted by Crippen LogP contribution is -2.49. The predicted molar refractivity (Wildman–Crippen MR) is 112 cm³/mol. The number of hydrogen-bond donors (Lipinski definition) is 1. The molecule has 1 unspecified atom stereocenters. The van der Waals surface area contributed by atoms with Crippen molar-refractivity contribution in [2.75, 3.05) is 19.6 Å². The number of rotatable bonds is 5. The van der Waals surface area contributed by atoms with Gasteiger partial charge in [-0.15, -0.1) is 11.3 Å². The first-order chi connectivity index (χ1) is 13.6. The molecule has 2 aromatic rings. The van der Waals surface area contributed by atoms with Gasteiger partial charge >= 0.3 is 6.03 Å². The average Bonchev–Trinajstić information content (AvgIpc) is 3.42. The van der Waals surface area contributed by atoms with E-state index in [0.717, 1.165) is 24.8 Å². The summed E-state index contributed by atoms with van der Waals surface area (Å²) in [6.45, 7) is 3.24. The van der Waals surface area contributed by atoms with Crippen LogP contribution < -0.4 is 5.32 Å². The largest absolute Gasteiger partial charge is 0.338 e. The summed E-state index contributed by atoms with van der Waals surface area (Å²) in [6.07, 6.45) is 2.80. The summed E-state index contributed by atoms with van der Waals surface area (Å²) in [4.78, 5) is 30.7. The topological polar surface area (TPSA) is 52.7 Å². The van der Waals surface area contributed by atoms with Crippen molar-refractivity contribution >= 4 is 34.9 Å². The van der Waals surface area contributed by atoms with Crippen LogP contribution >= 0.6 is 22.9 Å². The van der Waals surface area contributed by atoms with Gasteiger partial charge in [0.2, 0.25) is 5.91 Å². The summed E-state index contributed by atoms with van der Waals surface area (Å²) in [5.74, 6) is -0.00467. The van der Waals surface area contributed by atoms with E-state index in [2.05, 4.69) is 16.8 Å². The van der Waals surface area contributed by atoms with Crippen LogP contribution in [-0.4, -0.2) is 47.4 Å². The second-order valence-corrected chi connectivity index (χ2v) is 8.72. The maximum atomic E-state index is 13.3. The molecule has 2 aliphatic rings. The van der Waals surface area contributed by atoms with Crippen molar-refractivity contribution in [2.24, 2.45) is 0 Å². The number of carbonyl (C=O) groups is 2. The van der Waals surface area contributed by atoms with Crippen LogP contribution in [0.1, 0.15) is 41.8 Å². The molecular formula is C21H24ClN3O2S. The molecule has 28 heavy (non-hydrogen) atoms. The molecule has 5 nitrogen and oxygen atoms in total. The van der Waals surface area contributed by atoms with Gasteiger partial charge in [0.05, 0.1) is 6.04 Å². The number of nitrogens with zero attached hydrogens (tertiary/aromatic N) is 2. The summed E-state index contributed by atoms with van der Waals surface area (Å²) < 4.78 is 0. The fourth-order valence-corrected chi connectivity index (χ4v) is 4.86. The minimum atomic E-state index is -0.144. The molecule has 1 N–H and O–H groups in total. The molecule has 2 heterocycles. The molecule has 1 aromatic carbocycles. The molecule has 0 spiro atoms. The Morgan fingerprint density at radius 2 is 2.00 bits per heavy atom. The molecular weight excluding hydrogens is 394 g/mol. The van der Waals surface area contributed by atoms with E-state index >= 15 is 0 Å². The quantitative estimate of drug-likeness (QED) is 0.797. The zero-order chi connectivity index (χ0) is 19.7. The van der Waals surface area contributed by atoms with Gasteiger partial charge in [-0.05, 0) is 60.9 Å². The van der Waals surface area contributed by atoms with Crippen molar-refractivity contribution < 1.29 is 9.59 Å². The van der Waals surface area contributed by atoms with E-state index in [1.165, 1.54) is 10.4 Å². The number of amides is 3. The van der Waals surface area contributed by atoms with Crippen LogP contribution in [-0.2, 0) is 11.2 Å². The van der Waals surface area contributed by atoms with Gasteiger partial charge in [-0.3, -0.25) is 4.79 Å². The van der Waals surface area contributed by atoms with Crippen molar-refractivity contribution in [3.63, 3.8) is 0 Å². The maximum Gasteiger partial charge on any atom is 0.318 e. The number of carbonyl (C=O) groups excluding carboxylic acids is 2. The van der Waals surface area contributed by atoms with Crippen LogP contribution in [0, 0.1) is 0 Å². The minimum Gasteiger partial charge on any atom is -0.338 e. The third kappa shape index (κ3) is 3.89. The van der Waals surface area contributed by atoms with E-state index in [1.54, 1.807) is 16.2 Å². The Bertz CT molecular complexity index is 863. The molecule has 1 aliphatic carbocycles. The van der Waals surface area contributed by atoms with Crippen molar-refractivity contribution in [3.05, 3.63) is 56.7 Å². The maximum absolute atomic E-state index is 13.3. The lowest BCUT2D eigenvalue weighted by atomic mass is 9.93. The summed E-state index contributed by atoms with van der Waals surface area (Å²) in [5, 5.41) is 5.61. The lowest BCUT2D eigenvalue weighted by Gasteiger charge is -2.37. The van der Waals surface area contributed by atoms with Gasteiger partial charge in [-0.25, -0.2) is 4.79 Å². The molecule has 1 saturated carbocycles. The van der Waals surface area contributed by atoms with Crippen LogP contribution in [0.4, 0.5) is 4.79 Å². The van der Waals surface area contributed by atoms with Crippen molar-refractivity contribution in [2.45, 2.75) is 38.3 Å². The molecule has 148 valence electrons. The van der Waals surface area contributed by atoms with Crippen molar-refractivity contribution in [1.82, 2.24) is 15.1 Å². The molecule has 1 atom stereocenters. The zero-order valence-electron chi connectivity index (χ0n) is 15.9. The molecule has 1 aromatic heterocycles. The molecule has 7 heteroatoms. The number of urea groups is 1. The molecule has 0 bridgehead atoms. The first kappa shape index (κ1) is 19.3. The molecule has 0 saturated heterocycles. The van der Waals surface area contributed by atoms with E-state index in [-0.39, 0.29) is 30.6 Å². The Balaban J connectivity index is 1.60. The van der Waals surface area contributed by atoms with Crippen molar-refractivity contribution in [3.8, 4) is 0 Å². The van der Waals surface area contributed by atoms with Gasteiger partial charge in [0.25, 0.3) is 0 Å². The van der Waals surface area contributed by atoms with Crippen molar-refractivity contribution in [1.29, 1.82) is 0 Å². The van der Waals surface area contributed by atoms with Gasteiger partial charge in [0.15, 0.2) is 0 Å². The SMILES string of the molecule is CCNC(=O)N(CC(=O)N1CCc2sccc2C1c1ccc(Cl)cc1)C1CC1. The Morgan fingerprint density at radius 1 is 1.25 bits per heavy atom. The van der Waals surface area contributed by atoms with Gasteiger partial charge in [-0.1, -0.05) is 23.7 Å². The van der Waals surface area contributed by atoms with Gasteiger partial charge in [0.1, 0.15) is 6.54 Å². The zero-order valence-corrected chi connectivity index (χ0v) is 17.4. The van der Waals surface area contributed by atoms with Crippen LogP contribution in [0.15, 0.2) is 35.7 Å². The highest BCUT2D eigenvalue weighted by atomic mass is 35.5. The smallest absolute Gasteiger partial charge is 0.318 e. The Morgan fingerprint density at radius 3 is 2.68 bits per heavy atom. The summed E-state index contributed by atoms with van der Waals surface area (Å²) >= 11 is 7.82. The number of benzene rings is 1. The van der Waals surface area contributed by atoms with E-state index in [1.807, 2.05) is 36.1 Å². The van der Waals surface area contributed by atoms with E-state index < -0.39 is 0 Å². The van der Waals surface area contributed by atoms with Gasteiger partial charge < -0.3 is 15.1 Å². The minimum absolute atomic E-state index is 0.00467. The molecule has 4 rings (SSSR count). The first-order valence-corrected chi connectivity index (χ1v) is 11.0. The number of hydrogen-bond acceptors (Lipinski definition) is 3. The fraction of sp³-hybridized carbons (Fsp3) is 0.429. The number of fused-ring (bicyclic) bond motifs is 1. The Hall–Kier alpha value is -2.05. The van der Waals surface area contributed by atoms with Crippen LogP contribution in [0.5, 0.6) is 0 Å².